The molecule has 2 aromatic carbocycles. The number of rotatable bonds is 6. The van der Waals surface area contributed by atoms with E-state index in [2.05, 4.69) is 0 Å². The Labute approximate surface area is 127 Å². The van der Waals surface area contributed by atoms with Crippen molar-refractivity contribution in [3.8, 4) is 11.5 Å². The Balaban J connectivity index is 2.11. The molecular formula is C16H15ClO4. The summed E-state index contributed by atoms with van der Waals surface area (Å²) in [6.45, 7) is 0. The number of carbonyl (C=O) groups is 1. The number of carboxylic acid groups (broad SMARTS) is 1. The molecule has 0 aliphatic carbocycles. The fourth-order valence-electron chi connectivity index (χ4n) is 1.87. The van der Waals surface area contributed by atoms with Gasteiger partial charge in [0.05, 0.1) is 7.11 Å². The summed E-state index contributed by atoms with van der Waals surface area (Å²) in [6, 6.07) is 13.8. The van der Waals surface area contributed by atoms with Crippen LogP contribution in [0.5, 0.6) is 11.5 Å². The summed E-state index contributed by atoms with van der Waals surface area (Å²) in [7, 11) is 1.57. The molecule has 1 N–H and O–H groups in total. The molecule has 0 aliphatic heterocycles. The first-order chi connectivity index (χ1) is 10.1. The molecule has 0 aliphatic rings. The highest BCUT2D eigenvalue weighted by Gasteiger charge is 2.20. The van der Waals surface area contributed by atoms with Gasteiger partial charge in [-0.25, -0.2) is 4.79 Å². The van der Waals surface area contributed by atoms with Gasteiger partial charge in [-0.15, -0.1) is 0 Å². The minimum Gasteiger partial charge on any atom is -0.497 e. The molecule has 1 atom stereocenters. The van der Waals surface area contributed by atoms with Crippen LogP contribution >= 0.6 is 11.6 Å². The van der Waals surface area contributed by atoms with Gasteiger partial charge in [0.1, 0.15) is 11.5 Å². The maximum Gasteiger partial charge on any atom is 0.345 e. The summed E-state index contributed by atoms with van der Waals surface area (Å²) >= 11 is 5.79. The third kappa shape index (κ3) is 4.39. The summed E-state index contributed by atoms with van der Waals surface area (Å²) in [6.07, 6.45) is -0.729. The van der Waals surface area contributed by atoms with Crippen LogP contribution in [0.1, 0.15) is 5.56 Å². The summed E-state index contributed by atoms with van der Waals surface area (Å²) in [5.41, 5.74) is 0.829. The van der Waals surface area contributed by atoms with Crippen molar-refractivity contribution in [1.82, 2.24) is 0 Å². The zero-order chi connectivity index (χ0) is 15.2. The molecule has 0 unspecified atom stereocenters. The van der Waals surface area contributed by atoms with E-state index in [0.29, 0.717) is 16.5 Å². The van der Waals surface area contributed by atoms with Crippen molar-refractivity contribution in [3.05, 3.63) is 59.1 Å². The predicted molar refractivity (Wildman–Crippen MR) is 80.2 cm³/mol. The monoisotopic (exact) mass is 306 g/mol. The van der Waals surface area contributed by atoms with Crippen LogP contribution in [-0.4, -0.2) is 24.3 Å². The molecular weight excluding hydrogens is 292 g/mol. The molecule has 0 radical (unpaired) electrons. The van der Waals surface area contributed by atoms with E-state index in [0.717, 1.165) is 5.56 Å². The van der Waals surface area contributed by atoms with Crippen LogP contribution in [0.25, 0.3) is 0 Å². The number of benzene rings is 2. The van der Waals surface area contributed by atoms with Gasteiger partial charge in [0.25, 0.3) is 0 Å². The molecule has 0 amide bonds. The van der Waals surface area contributed by atoms with Crippen LogP contribution in [-0.2, 0) is 11.2 Å². The Morgan fingerprint density at radius 2 is 1.90 bits per heavy atom. The maximum atomic E-state index is 11.3. The van der Waals surface area contributed by atoms with Crippen molar-refractivity contribution in [3.63, 3.8) is 0 Å². The van der Waals surface area contributed by atoms with Crippen LogP contribution in [0, 0.1) is 0 Å². The second kappa shape index (κ2) is 6.99. The molecule has 4 nitrogen and oxygen atoms in total. The maximum absolute atomic E-state index is 11.3. The lowest BCUT2D eigenvalue weighted by atomic mass is 10.1. The van der Waals surface area contributed by atoms with Crippen molar-refractivity contribution in [2.45, 2.75) is 12.5 Å². The van der Waals surface area contributed by atoms with Crippen molar-refractivity contribution in [1.29, 1.82) is 0 Å². The number of hydrogen-bond acceptors (Lipinski definition) is 3. The molecule has 0 saturated carbocycles. The van der Waals surface area contributed by atoms with E-state index in [9.17, 15) is 9.90 Å². The number of carboxylic acids is 1. The normalized spacial score (nSPS) is 11.7. The molecule has 110 valence electrons. The highest BCUT2D eigenvalue weighted by molar-refractivity contribution is 6.30. The molecule has 0 bridgehead atoms. The highest BCUT2D eigenvalue weighted by atomic mass is 35.5. The van der Waals surface area contributed by atoms with Crippen molar-refractivity contribution in [2.24, 2.45) is 0 Å². The van der Waals surface area contributed by atoms with Crippen LogP contribution < -0.4 is 9.47 Å². The molecule has 0 fully saturated rings. The van der Waals surface area contributed by atoms with Gasteiger partial charge in [-0.05, 0) is 42.0 Å². The van der Waals surface area contributed by atoms with Crippen molar-refractivity contribution < 1.29 is 19.4 Å². The van der Waals surface area contributed by atoms with E-state index in [1.807, 2.05) is 12.1 Å². The summed E-state index contributed by atoms with van der Waals surface area (Å²) < 4.78 is 10.6. The Kier molecular flexibility index (Phi) is 5.06. The van der Waals surface area contributed by atoms with Gasteiger partial charge in [-0.1, -0.05) is 23.7 Å². The van der Waals surface area contributed by atoms with Gasteiger partial charge in [-0.2, -0.15) is 0 Å². The highest BCUT2D eigenvalue weighted by Crippen LogP contribution is 2.19. The number of hydrogen-bond donors (Lipinski definition) is 1. The topological polar surface area (TPSA) is 55.8 Å². The zero-order valence-electron chi connectivity index (χ0n) is 11.5. The molecule has 2 rings (SSSR count). The molecule has 0 saturated heterocycles. The fraction of sp³-hybridized carbons (Fsp3) is 0.188. The van der Waals surface area contributed by atoms with Crippen LogP contribution in [0.2, 0.25) is 5.02 Å². The molecule has 21 heavy (non-hydrogen) atoms. The minimum absolute atomic E-state index is 0.245. The molecule has 2 aromatic rings. The van der Waals surface area contributed by atoms with E-state index in [1.165, 1.54) is 0 Å². The zero-order valence-corrected chi connectivity index (χ0v) is 12.2. The van der Waals surface area contributed by atoms with Crippen LogP contribution in [0.15, 0.2) is 48.5 Å². The molecule has 5 heteroatoms. The standard InChI is InChI=1S/C16H15ClO4/c1-20-14-4-2-3-11(9-14)10-15(16(18)19)21-13-7-5-12(17)6-8-13/h2-9,15H,10H2,1H3,(H,18,19)/t15-/m1/s1. The number of methoxy groups -OCH3 is 1. The largest absolute Gasteiger partial charge is 0.497 e. The van der Waals surface area contributed by atoms with Gasteiger partial charge in [0.2, 0.25) is 0 Å². The number of aliphatic carboxylic acids is 1. The molecule has 0 heterocycles. The first-order valence-electron chi connectivity index (χ1n) is 6.36. The lowest BCUT2D eigenvalue weighted by molar-refractivity contribution is -0.145. The summed E-state index contributed by atoms with van der Waals surface area (Å²) in [4.78, 5) is 11.3. The average Bonchev–Trinajstić information content (AvgIpc) is 2.49. The van der Waals surface area contributed by atoms with Crippen molar-refractivity contribution >= 4 is 17.6 Å². The van der Waals surface area contributed by atoms with Gasteiger partial charge in [0, 0.05) is 11.4 Å². The average molecular weight is 307 g/mol. The predicted octanol–water partition coefficient (Wildman–Crippen LogP) is 3.42. The quantitative estimate of drug-likeness (QED) is 0.888. The number of halogens is 1. The Morgan fingerprint density at radius 3 is 2.52 bits per heavy atom. The SMILES string of the molecule is COc1cccc(C[C@@H](Oc2ccc(Cl)cc2)C(=O)O)c1. The van der Waals surface area contributed by atoms with E-state index in [1.54, 1.807) is 43.5 Å². The van der Waals surface area contributed by atoms with Crippen molar-refractivity contribution in [2.75, 3.05) is 7.11 Å². The second-order valence-corrected chi connectivity index (χ2v) is 4.89. The molecule has 0 spiro atoms. The summed E-state index contributed by atoms with van der Waals surface area (Å²) in [5, 5.41) is 9.87. The van der Waals surface area contributed by atoms with Gasteiger partial charge in [0.15, 0.2) is 6.10 Å². The number of ether oxygens (including phenoxy) is 2. The first kappa shape index (κ1) is 15.2. The Bertz CT molecular complexity index is 610. The van der Waals surface area contributed by atoms with E-state index in [4.69, 9.17) is 21.1 Å². The third-order valence-electron chi connectivity index (χ3n) is 2.92. The molecule has 0 aromatic heterocycles. The second-order valence-electron chi connectivity index (χ2n) is 4.45. The first-order valence-corrected chi connectivity index (χ1v) is 6.74. The van der Waals surface area contributed by atoms with E-state index < -0.39 is 12.1 Å². The lowest BCUT2D eigenvalue weighted by Gasteiger charge is -2.15. The fourth-order valence-corrected chi connectivity index (χ4v) is 2.00. The van der Waals surface area contributed by atoms with E-state index >= 15 is 0 Å². The van der Waals surface area contributed by atoms with Crippen LogP contribution in [0.4, 0.5) is 0 Å². The Morgan fingerprint density at radius 1 is 1.19 bits per heavy atom. The van der Waals surface area contributed by atoms with E-state index in [-0.39, 0.29) is 6.42 Å². The van der Waals surface area contributed by atoms with Gasteiger partial charge >= 0.3 is 5.97 Å². The smallest absolute Gasteiger partial charge is 0.345 e. The Hall–Kier alpha value is -2.20. The van der Waals surface area contributed by atoms with Crippen LogP contribution in [0.3, 0.4) is 0 Å². The third-order valence-corrected chi connectivity index (χ3v) is 3.17. The van der Waals surface area contributed by atoms with Gasteiger partial charge in [-0.3, -0.25) is 0 Å². The lowest BCUT2D eigenvalue weighted by Crippen LogP contribution is -2.29. The summed E-state index contributed by atoms with van der Waals surface area (Å²) in [5.74, 6) is 0.130. The van der Waals surface area contributed by atoms with Gasteiger partial charge < -0.3 is 14.6 Å². The minimum atomic E-state index is -1.02.